The molecule has 0 saturated carbocycles. The van der Waals surface area contributed by atoms with Gasteiger partial charge >= 0.3 is 0 Å². The Morgan fingerprint density at radius 1 is 1.22 bits per heavy atom. The van der Waals surface area contributed by atoms with Crippen LogP contribution in [0.25, 0.3) is 11.1 Å². The van der Waals surface area contributed by atoms with E-state index in [1.54, 1.807) is 0 Å². The third-order valence-electron chi connectivity index (χ3n) is 6.54. The maximum atomic E-state index is 5.70. The number of anilines is 1. The number of hydrogen-bond acceptors (Lipinski definition) is 5. The molecule has 2 heterocycles. The van der Waals surface area contributed by atoms with Crippen LogP contribution in [0.4, 0.5) is 5.82 Å². The van der Waals surface area contributed by atoms with Crippen molar-refractivity contribution in [3.05, 3.63) is 47.2 Å². The Bertz CT molecular complexity index is 980. The van der Waals surface area contributed by atoms with Crippen LogP contribution < -0.4 is 4.90 Å². The first kappa shape index (κ1) is 24.1. The second kappa shape index (κ2) is 10.9. The maximum Gasteiger partial charge on any atom is 0.130 e. The summed E-state index contributed by atoms with van der Waals surface area (Å²) in [7, 11) is 3.73. The zero-order valence-corrected chi connectivity index (χ0v) is 20.7. The minimum atomic E-state index is 0.261. The van der Waals surface area contributed by atoms with Gasteiger partial charge in [-0.05, 0) is 67.6 Å². The SMILES string of the molecule is C/N=C\CC(/C(=N/C)c1nc(N2CCOC[C@H]2C)cc(-c2ccccc2C)c1C)C(C)C. The summed E-state index contributed by atoms with van der Waals surface area (Å²) in [6.45, 7) is 13.4. The van der Waals surface area contributed by atoms with E-state index in [9.17, 15) is 0 Å². The van der Waals surface area contributed by atoms with Gasteiger partial charge < -0.3 is 14.6 Å². The van der Waals surface area contributed by atoms with Gasteiger partial charge in [0.25, 0.3) is 0 Å². The fourth-order valence-electron chi connectivity index (χ4n) is 4.58. The summed E-state index contributed by atoms with van der Waals surface area (Å²) >= 11 is 0. The molecular formula is C27H38N4O. The Kier molecular flexibility index (Phi) is 8.19. The van der Waals surface area contributed by atoms with Crippen molar-refractivity contribution in [1.82, 2.24) is 4.98 Å². The number of hydrogen-bond donors (Lipinski definition) is 0. The lowest BCUT2D eigenvalue weighted by Crippen LogP contribution is -2.44. The number of benzene rings is 1. The fraction of sp³-hybridized carbons (Fsp3) is 0.519. The fourth-order valence-corrected chi connectivity index (χ4v) is 4.58. The number of ether oxygens (including phenoxy) is 1. The summed E-state index contributed by atoms with van der Waals surface area (Å²) in [5.41, 5.74) is 7.00. The molecule has 5 heteroatoms. The summed E-state index contributed by atoms with van der Waals surface area (Å²) in [4.78, 5) is 16.7. The average molecular weight is 435 g/mol. The number of morpholine rings is 1. The van der Waals surface area contributed by atoms with Gasteiger partial charge in [0.2, 0.25) is 0 Å². The number of pyridine rings is 1. The minimum absolute atomic E-state index is 0.261. The molecule has 0 amide bonds. The minimum Gasteiger partial charge on any atom is -0.377 e. The van der Waals surface area contributed by atoms with Crippen molar-refractivity contribution in [2.75, 3.05) is 38.8 Å². The molecule has 0 N–H and O–H groups in total. The van der Waals surface area contributed by atoms with Gasteiger partial charge in [-0.3, -0.25) is 4.99 Å². The molecule has 3 rings (SSSR count). The van der Waals surface area contributed by atoms with Crippen LogP contribution in [0, 0.1) is 25.7 Å². The summed E-state index contributed by atoms with van der Waals surface area (Å²) in [6, 6.07) is 11.1. The van der Waals surface area contributed by atoms with Gasteiger partial charge in [0.1, 0.15) is 5.82 Å². The normalized spacial score (nSPS) is 18.6. The van der Waals surface area contributed by atoms with E-state index >= 15 is 0 Å². The number of aryl methyl sites for hydroxylation is 1. The van der Waals surface area contributed by atoms with Crippen LogP contribution in [-0.2, 0) is 4.74 Å². The molecule has 32 heavy (non-hydrogen) atoms. The standard InChI is InChI=1S/C27H38N4O/c1-18(2)22(12-13-28-6)27(29-7)26-21(5)24(23-11-9-8-10-19(23)3)16-25(30-26)31-14-15-32-17-20(31)4/h8-11,13,16,18,20,22H,12,14-15,17H2,1-7H3/b28-13-,29-27-/t20-,22?/m1/s1. The van der Waals surface area contributed by atoms with E-state index in [2.05, 4.69) is 74.8 Å². The van der Waals surface area contributed by atoms with Crippen LogP contribution in [-0.4, -0.2) is 56.8 Å². The number of nitrogens with zero attached hydrogens (tertiary/aromatic N) is 4. The molecule has 1 saturated heterocycles. The third kappa shape index (κ3) is 5.09. The predicted molar refractivity (Wildman–Crippen MR) is 137 cm³/mol. The molecule has 0 radical (unpaired) electrons. The lowest BCUT2D eigenvalue weighted by atomic mass is 9.84. The molecule has 5 nitrogen and oxygen atoms in total. The number of aliphatic imine (C=N–C) groups is 2. The molecule has 1 fully saturated rings. The third-order valence-corrected chi connectivity index (χ3v) is 6.54. The summed E-state index contributed by atoms with van der Waals surface area (Å²) in [6.07, 6.45) is 2.86. The highest BCUT2D eigenvalue weighted by Gasteiger charge is 2.27. The largest absolute Gasteiger partial charge is 0.377 e. The van der Waals surface area contributed by atoms with E-state index in [4.69, 9.17) is 14.7 Å². The molecule has 172 valence electrons. The summed E-state index contributed by atoms with van der Waals surface area (Å²) < 4.78 is 5.70. The van der Waals surface area contributed by atoms with Crippen molar-refractivity contribution in [1.29, 1.82) is 0 Å². The average Bonchev–Trinajstić information content (AvgIpc) is 2.78. The van der Waals surface area contributed by atoms with Gasteiger partial charge in [-0.15, -0.1) is 0 Å². The zero-order valence-electron chi connectivity index (χ0n) is 20.7. The lowest BCUT2D eigenvalue weighted by molar-refractivity contribution is 0.0985. The van der Waals surface area contributed by atoms with Crippen LogP contribution in [0.3, 0.4) is 0 Å². The quantitative estimate of drug-likeness (QED) is 0.550. The first-order valence-electron chi connectivity index (χ1n) is 11.7. The van der Waals surface area contributed by atoms with E-state index < -0.39 is 0 Å². The van der Waals surface area contributed by atoms with Crippen molar-refractivity contribution >= 4 is 17.7 Å². The van der Waals surface area contributed by atoms with Crippen molar-refractivity contribution in [2.45, 2.75) is 47.1 Å². The zero-order chi connectivity index (χ0) is 23.3. The van der Waals surface area contributed by atoms with Gasteiger partial charge in [-0.25, -0.2) is 4.98 Å². The Balaban J connectivity index is 2.23. The Hall–Kier alpha value is -2.53. The first-order chi connectivity index (χ1) is 15.4. The molecule has 1 aliphatic heterocycles. The highest BCUT2D eigenvalue weighted by atomic mass is 16.5. The van der Waals surface area contributed by atoms with Gasteiger partial charge in [-0.1, -0.05) is 38.1 Å². The smallest absolute Gasteiger partial charge is 0.130 e. The molecule has 0 aliphatic carbocycles. The van der Waals surface area contributed by atoms with Crippen molar-refractivity contribution in [2.24, 2.45) is 21.8 Å². The van der Waals surface area contributed by atoms with Crippen molar-refractivity contribution in [3.63, 3.8) is 0 Å². The monoisotopic (exact) mass is 434 g/mol. The number of rotatable bonds is 7. The highest BCUT2D eigenvalue weighted by Crippen LogP contribution is 2.34. The molecule has 0 spiro atoms. The van der Waals surface area contributed by atoms with E-state index in [0.717, 1.165) is 43.4 Å². The molecule has 1 aromatic heterocycles. The van der Waals surface area contributed by atoms with E-state index in [1.807, 2.05) is 20.3 Å². The summed E-state index contributed by atoms with van der Waals surface area (Å²) in [5.74, 6) is 1.70. The van der Waals surface area contributed by atoms with Gasteiger partial charge in [0.15, 0.2) is 0 Å². The molecule has 2 atom stereocenters. The van der Waals surface area contributed by atoms with Gasteiger partial charge in [-0.2, -0.15) is 0 Å². The lowest BCUT2D eigenvalue weighted by Gasteiger charge is -2.35. The van der Waals surface area contributed by atoms with Gasteiger partial charge in [0, 0.05) is 26.6 Å². The van der Waals surface area contributed by atoms with Crippen LogP contribution >= 0.6 is 0 Å². The topological polar surface area (TPSA) is 50.1 Å². The van der Waals surface area contributed by atoms with Crippen molar-refractivity contribution in [3.8, 4) is 11.1 Å². The van der Waals surface area contributed by atoms with E-state index in [1.165, 1.54) is 22.3 Å². The molecule has 1 aliphatic rings. The number of aromatic nitrogens is 1. The Morgan fingerprint density at radius 3 is 2.59 bits per heavy atom. The second-order valence-electron chi connectivity index (χ2n) is 9.07. The second-order valence-corrected chi connectivity index (χ2v) is 9.07. The molecule has 1 aromatic carbocycles. The van der Waals surface area contributed by atoms with Gasteiger partial charge in [0.05, 0.1) is 30.7 Å². The molecule has 1 unspecified atom stereocenters. The maximum absolute atomic E-state index is 5.70. The van der Waals surface area contributed by atoms with E-state index in [-0.39, 0.29) is 12.0 Å². The predicted octanol–water partition coefficient (Wildman–Crippen LogP) is 5.37. The molecule has 2 aromatic rings. The highest BCUT2D eigenvalue weighted by molar-refractivity contribution is 6.04. The molecular weight excluding hydrogens is 396 g/mol. The van der Waals surface area contributed by atoms with Crippen LogP contribution in [0.1, 0.15) is 44.0 Å². The van der Waals surface area contributed by atoms with Crippen LogP contribution in [0.5, 0.6) is 0 Å². The van der Waals surface area contributed by atoms with Crippen molar-refractivity contribution < 1.29 is 4.74 Å². The Labute approximate surface area is 193 Å². The molecule has 0 bridgehead atoms. The van der Waals surface area contributed by atoms with Crippen LogP contribution in [0.2, 0.25) is 0 Å². The summed E-state index contributed by atoms with van der Waals surface area (Å²) in [5, 5.41) is 0. The Morgan fingerprint density at radius 2 is 1.97 bits per heavy atom. The first-order valence-corrected chi connectivity index (χ1v) is 11.7. The van der Waals surface area contributed by atoms with Crippen LogP contribution in [0.15, 0.2) is 40.3 Å². The van der Waals surface area contributed by atoms with E-state index in [0.29, 0.717) is 5.92 Å².